The number of hydrogen-bond donors (Lipinski definition) is 4. The van der Waals surface area contributed by atoms with Crippen LogP contribution in [0.1, 0.15) is 56.6 Å². The van der Waals surface area contributed by atoms with Gasteiger partial charge in [-0.2, -0.15) is 0 Å². The first-order valence-corrected chi connectivity index (χ1v) is 13.8. The Kier molecular flexibility index (Phi) is 9.86. The van der Waals surface area contributed by atoms with E-state index in [-0.39, 0.29) is 18.2 Å². The van der Waals surface area contributed by atoms with Gasteiger partial charge in [0.25, 0.3) is 0 Å². The third kappa shape index (κ3) is 7.75. The van der Waals surface area contributed by atoms with Gasteiger partial charge in [-0.1, -0.05) is 6.07 Å². The number of carbonyl (C=O) groups is 3. The molecule has 39 heavy (non-hydrogen) atoms. The topological polar surface area (TPSA) is 124 Å². The van der Waals surface area contributed by atoms with E-state index in [4.69, 9.17) is 0 Å². The molecule has 2 saturated heterocycles. The van der Waals surface area contributed by atoms with Crippen LogP contribution in [0.15, 0.2) is 36.7 Å². The molecule has 0 aliphatic carbocycles. The summed E-state index contributed by atoms with van der Waals surface area (Å²) >= 11 is 0. The minimum atomic E-state index is -1.06. The normalized spacial score (nSPS) is 18.8. The summed E-state index contributed by atoms with van der Waals surface area (Å²) in [5.74, 6) is -1.50. The summed E-state index contributed by atoms with van der Waals surface area (Å²) < 4.78 is 14.3. The molecule has 0 bridgehead atoms. The van der Waals surface area contributed by atoms with Gasteiger partial charge in [-0.15, -0.1) is 0 Å². The minimum absolute atomic E-state index is 0.0848. The van der Waals surface area contributed by atoms with Gasteiger partial charge in [-0.25, -0.2) is 4.39 Å². The lowest BCUT2D eigenvalue weighted by Crippen LogP contribution is -2.46. The van der Waals surface area contributed by atoms with Gasteiger partial charge in [0.2, 0.25) is 11.8 Å². The Morgan fingerprint density at radius 2 is 1.95 bits per heavy atom. The van der Waals surface area contributed by atoms with Crippen LogP contribution in [0.5, 0.6) is 0 Å². The zero-order valence-electron chi connectivity index (χ0n) is 22.4. The van der Waals surface area contributed by atoms with Crippen LogP contribution >= 0.6 is 0 Å². The van der Waals surface area contributed by atoms with Crippen molar-refractivity contribution in [3.05, 3.63) is 48.0 Å². The number of pyridine rings is 1. The van der Waals surface area contributed by atoms with Crippen LogP contribution in [-0.2, 0) is 14.4 Å². The van der Waals surface area contributed by atoms with Crippen LogP contribution < -0.4 is 16.0 Å². The third-order valence-corrected chi connectivity index (χ3v) is 7.80. The van der Waals surface area contributed by atoms with Gasteiger partial charge in [0, 0.05) is 44.5 Å². The van der Waals surface area contributed by atoms with E-state index in [9.17, 15) is 23.9 Å². The lowest BCUT2D eigenvalue weighted by molar-refractivity contribution is -0.138. The highest BCUT2D eigenvalue weighted by molar-refractivity contribution is 5.82. The largest absolute Gasteiger partial charge is 0.481 e. The van der Waals surface area contributed by atoms with Crippen molar-refractivity contribution < 1.29 is 23.9 Å². The number of nitrogens with one attached hydrogen (secondary N) is 3. The number of benzene rings is 1. The smallest absolute Gasteiger partial charge is 0.305 e. The fraction of sp³-hybridized carbons (Fsp3) is 0.517. The van der Waals surface area contributed by atoms with Gasteiger partial charge in [0.1, 0.15) is 5.82 Å². The molecule has 2 aromatic rings. The van der Waals surface area contributed by atoms with Crippen molar-refractivity contribution in [3.63, 3.8) is 0 Å². The Morgan fingerprint density at radius 3 is 2.67 bits per heavy atom. The molecule has 4 N–H and O–H groups in total. The number of amides is 2. The average Bonchev–Trinajstić information content (AvgIpc) is 2.96. The highest BCUT2D eigenvalue weighted by Gasteiger charge is 2.31. The van der Waals surface area contributed by atoms with Crippen molar-refractivity contribution in [1.29, 1.82) is 0 Å². The number of aliphatic carboxylic acids is 1. The quantitative estimate of drug-likeness (QED) is 0.364. The Hall–Kier alpha value is -3.53. The molecule has 9 nitrogen and oxygen atoms in total. The fourth-order valence-corrected chi connectivity index (χ4v) is 5.49. The number of nitrogens with zero attached hydrogens (tertiary/aromatic N) is 2. The SMILES string of the molecule is CNc1ccc(-c2cncc(C(CC(=O)O)NC(=O)C3CCCN(C(=O)CCC4CCNCC4)C3)c2)cc1F. The molecular formula is C29H38FN5O4. The second-order valence-electron chi connectivity index (χ2n) is 10.5. The molecule has 3 heterocycles. The van der Waals surface area contributed by atoms with Gasteiger partial charge in [-0.05, 0) is 80.4 Å². The van der Waals surface area contributed by atoms with E-state index in [0.717, 1.165) is 38.8 Å². The number of carbonyl (C=O) groups excluding carboxylic acids is 2. The number of aromatic nitrogens is 1. The van der Waals surface area contributed by atoms with Crippen LogP contribution in [0.2, 0.25) is 0 Å². The van der Waals surface area contributed by atoms with Crippen molar-refractivity contribution in [1.82, 2.24) is 20.5 Å². The highest BCUT2D eigenvalue weighted by atomic mass is 19.1. The summed E-state index contributed by atoms with van der Waals surface area (Å²) in [7, 11) is 1.64. The molecule has 2 atom stereocenters. The van der Waals surface area contributed by atoms with Crippen LogP contribution in [0.3, 0.4) is 0 Å². The Balaban J connectivity index is 1.41. The van der Waals surface area contributed by atoms with Crippen LogP contribution in [-0.4, -0.2) is 66.0 Å². The number of rotatable bonds is 10. The van der Waals surface area contributed by atoms with E-state index < -0.39 is 23.7 Å². The number of anilines is 1. The second kappa shape index (κ2) is 13.5. The van der Waals surface area contributed by atoms with E-state index in [2.05, 4.69) is 20.9 Å². The van der Waals surface area contributed by atoms with Gasteiger partial charge < -0.3 is 26.0 Å². The van der Waals surface area contributed by atoms with Gasteiger partial charge in [-0.3, -0.25) is 19.4 Å². The average molecular weight is 540 g/mol. The van der Waals surface area contributed by atoms with E-state index in [1.165, 1.54) is 12.3 Å². The molecule has 2 aliphatic rings. The molecule has 2 fully saturated rings. The number of likely N-dealkylation sites (tertiary alicyclic amines) is 1. The molecule has 2 aliphatic heterocycles. The van der Waals surface area contributed by atoms with Crippen LogP contribution in [0.25, 0.3) is 11.1 Å². The molecule has 10 heteroatoms. The van der Waals surface area contributed by atoms with Crippen LogP contribution in [0, 0.1) is 17.7 Å². The Morgan fingerprint density at radius 1 is 1.15 bits per heavy atom. The van der Waals surface area contributed by atoms with Gasteiger partial charge >= 0.3 is 5.97 Å². The van der Waals surface area contributed by atoms with Gasteiger partial charge in [0.05, 0.1) is 24.1 Å². The Labute approximate surface area is 228 Å². The maximum absolute atomic E-state index is 14.3. The molecular weight excluding hydrogens is 501 g/mol. The monoisotopic (exact) mass is 539 g/mol. The molecule has 1 aromatic heterocycles. The van der Waals surface area contributed by atoms with Crippen molar-refractivity contribution >= 4 is 23.5 Å². The lowest BCUT2D eigenvalue weighted by Gasteiger charge is -2.33. The predicted octanol–water partition coefficient (Wildman–Crippen LogP) is 3.58. The molecule has 210 valence electrons. The van der Waals surface area contributed by atoms with Gasteiger partial charge in [0.15, 0.2) is 0 Å². The molecule has 0 spiro atoms. The first-order valence-electron chi connectivity index (χ1n) is 13.8. The van der Waals surface area contributed by atoms with Crippen molar-refractivity contribution in [2.24, 2.45) is 11.8 Å². The standard InChI is InChI=1S/C29H38FN5O4/c1-31-25-6-5-20(14-24(25)30)22-13-23(17-33-16-22)26(15-28(37)38)34-29(39)21-3-2-12-35(18-21)27(36)7-4-19-8-10-32-11-9-19/h5-6,13-14,16-17,19,21,26,31-32H,2-4,7-12,15,18H2,1H3,(H,34,39)(H,37,38). The second-order valence-corrected chi connectivity index (χ2v) is 10.5. The zero-order chi connectivity index (χ0) is 27.8. The first kappa shape index (κ1) is 28.5. The summed E-state index contributed by atoms with van der Waals surface area (Å²) in [6.07, 6.45) is 7.69. The number of hydrogen-bond acceptors (Lipinski definition) is 6. The number of piperidine rings is 2. The number of halogens is 1. The molecule has 2 amide bonds. The lowest BCUT2D eigenvalue weighted by atomic mass is 9.92. The predicted molar refractivity (Wildman–Crippen MR) is 146 cm³/mol. The zero-order valence-corrected chi connectivity index (χ0v) is 22.4. The summed E-state index contributed by atoms with van der Waals surface area (Å²) in [4.78, 5) is 43.9. The molecule has 2 unspecified atom stereocenters. The minimum Gasteiger partial charge on any atom is -0.481 e. The van der Waals surface area contributed by atoms with Crippen molar-refractivity contribution in [2.75, 3.05) is 38.5 Å². The summed E-state index contributed by atoms with van der Waals surface area (Å²) in [5, 5.41) is 18.6. The summed E-state index contributed by atoms with van der Waals surface area (Å²) in [6.45, 7) is 2.98. The molecule has 1 aromatic carbocycles. The maximum Gasteiger partial charge on any atom is 0.305 e. The summed E-state index contributed by atoms with van der Waals surface area (Å²) in [6, 6.07) is 5.67. The van der Waals surface area contributed by atoms with E-state index in [1.807, 2.05) is 0 Å². The van der Waals surface area contributed by atoms with Crippen molar-refractivity contribution in [3.8, 4) is 11.1 Å². The van der Waals surface area contributed by atoms with E-state index in [0.29, 0.717) is 54.2 Å². The summed E-state index contributed by atoms with van der Waals surface area (Å²) in [5.41, 5.74) is 2.09. The van der Waals surface area contributed by atoms with E-state index >= 15 is 0 Å². The third-order valence-electron chi connectivity index (χ3n) is 7.80. The first-order chi connectivity index (χ1) is 18.8. The van der Waals surface area contributed by atoms with Crippen molar-refractivity contribution in [2.45, 2.75) is 51.0 Å². The maximum atomic E-state index is 14.3. The number of carboxylic acid groups (broad SMARTS) is 1. The molecule has 0 radical (unpaired) electrons. The molecule has 0 saturated carbocycles. The molecule has 4 rings (SSSR count). The highest BCUT2D eigenvalue weighted by Crippen LogP contribution is 2.28. The van der Waals surface area contributed by atoms with E-state index in [1.54, 1.807) is 36.3 Å². The fourth-order valence-electron chi connectivity index (χ4n) is 5.49. The number of carboxylic acids is 1. The Bertz CT molecular complexity index is 1170. The van der Waals surface area contributed by atoms with Crippen LogP contribution in [0.4, 0.5) is 10.1 Å².